The van der Waals surface area contributed by atoms with Gasteiger partial charge in [-0.2, -0.15) is 0 Å². The average Bonchev–Trinajstić information content (AvgIpc) is 3.19. The summed E-state index contributed by atoms with van der Waals surface area (Å²) >= 11 is 0. The molecule has 0 aliphatic heterocycles. The van der Waals surface area contributed by atoms with Crippen molar-refractivity contribution in [1.82, 2.24) is 0 Å². The van der Waals surface area contributed by atoms with E-state index >= 15 is 0 Å². The van der Waals surface area contributed by atoms with Crippen molar-refractivity contribution in [2.45, 2.75) is 26.8 Å². The summed E-state index contributed by atoms with van der Waals surface area (Å²) in [5.74, 6) is 0.160. The number of aliphatic imine (C=N–C) groups is 1. The molecule has 0 fully saturated rings. The monoisotopic (exact) mass is 715 g/mol. The van der Waals surface area contributed by atoms with Gasteiger partial charge in [0, 0.05) is 0 Å². The SMILES string of the molecule is C=NC(/C=C/C=C(\C(C)=C/C(C)C1=C/C=C\C=C/C=C(c2ccccccccccccccccc2)\C=C\C=C\1)c1ccccc1C)c1ccccc1. The molecule has 0 saturated carbocycles. The second kappa shape index (κ2) is 24.6. The normalized spacial score (nSPS) is 18.3. The van der Waals surface area contributed by atoms with Gasteiger partial charge in [0.15, 0.2) is 0 Å². The Kier molecular flexibility index (Phi) is 18.4. The van der Waals surface area contributed by atoms with Crippen LogP contribution in [0.15, 0.2) is 259 Å². The van der Waals surface area contributed by atoms with Gasteiger partial charge in [0.1, 0.15) is 0 Å². The number of rotatable bonds is 9. The van der Waals surface area contributed by atoms with Gasteiger partial charge < -0.3 is 0 Å². The Hall–Kier alpha value is -6.57. The van der Waals surface area contributed by atoms with E-state index < -0.39 is 0 Å². The summed E-state index contributed by atoms with van der Waals surface area (Å²) in [6.07, 6.45) is 30.1. The molecule has 0 spiro atoms. The van der Waals surface area contributed by atoms with E-state index in [9.17, 15) is 0 Å². The molecule has 0 radical (unpaired) electrons. The fourth-order valence-electron chi connectivity index (χ4n) is 5.84. The molecule has 55 heavy (non-hydrogen) atoms. The van der Waals surface area contributed by atoms with Crippen molar-refractivity contribution in [3.05, 3.63) is 276 Å². The summed E-state index contributed by atoms with van der Waals surface area (Å²) in [7, 11) is 0. The highest BCUT2D eigenvalue weighted by molar-refractivity contribution is 5.81. The van der Waals surface area contributed by atoms with Gasteiger partial charge in [-0.25, -0.2) is 0 Å². The van der Waals surface area contributed by atoms with Gasteiger partial charge in [0.05, 0.1) is 6.04 Å². The van der Waals surface area contributed by atoms with Crippen LogP contribution in [-0.4, -0.2) is 6.72 Å². The minimum absolute atomic E-state index is 0.105. The highest BCUT2D eigenvalue weighted by Crippen LogP contribution is 2.29. The van der Waals surface area contributed by atoms with Crippen LogP contribution < -0.4 is 0 Å². The highest BCUT2D eigenvalue weighted by atomic mass is 14.7. The molecule has 1 aliphatic rings. The van der Waals surface area contributed by atoms with Crippen molar-refractivity contribution >= 4 is 17.9 Å². The third-order valence-electron chi connectivity index (χ3n) is 8.79. The summed E-state index contributed by atoms with van der Waals surface area (Å²) in [4.78, 5) is 4.37. The Labute approximate surface area is 330 Å². The van der Waals surface area contributed by atoms with Crippen LogP contribution in [0.4, 0.5) is 0 Å². The quantitative estimate of drug-likeness (QED) is 0.154. The molecule has 0 aromatic heterocycles. The van der Waals surface area contributed by atoms with Gasteiger partial charge in [-0.1, -0.05) is 250 Å². The lowest BCUT2D eigenvalue weighted by Gasteiger charge is -2.15. The van der Waals surface area contributed by atoms with Crippen molar-refractivity contribution in [3.63, 3.8) is 0 Å². The summed E-state index contributed by atoms with van der Waals surface area (Å²) in [6.45, 7) is 10.5. The Morgan fingerprint density at radius 3 is 1.69 bits per heavy atom. The van der Waals surface area contributed by atoms with Crippen LogP contribution in [0, 0.1) is 12.8 Å². The van der Waals surface area contributed by atoms with Crippen LogP contribution in [0.1, 0.15) is 42.1 Å². The van der Waals surface area contributed by atoms with E-state index in [-0.39, 0.29) is 12.0 Å². The average molecular weight is 716 g/mol. The van der Waals surface area contributed by atoms with Crippen LogP contribution in [0.25, 0.3) is 11.1 Å². The molecule has 2 unspecified atom stereocenters. The molecule has 1 nitrogen and oxygen atoms in total. The van der Waals surface area contributed by atoms with Crippen LogP contribution in [0.5, 0.6) is 0 Å². The zero-order valence-electron chi connectivity index (χ0n) is 32.4. The number of allylic oxidation sites excluding steroid dienone is 17. The molecule has 3 aromatic carbocycles. The summed E-state index contributed by atoms with van der Waals surface area (Å²) < 4.78 is 0. The van der Waals surface area contributed by atoms with Gasteiger partial charge in [0.2, 0.25) is 0 Å². The molecule has 0 amide bonds. The molecule has 1 aliphatic carbocycles. The fourth-order valence-corrected chi connectivity index (χ4v) is 5.84. The van der Waals surface area contributed by atoms with Gasteiger partial charge >= 0.3 is 0 Å². The molecule has 4 rings (SSSR count). The van der Waals surface area contributed by atoms with Crippen molar-refractivity contribution in [3.8, 4) is 0 Å². The van der Waals surface area contributed by atoms with Crippen molar-refractivity contribution in [1.29, 1.82) is 0 Å². The Bertz CT molecular complexity index is 2120. The van der Waals surface area contributed by atoms with E-state index in [2.05, 4.69) is 178 Å². The van der Waals surface area contributed by atoms with Crippen LogP contribution in [0.2, 0.25) is 0 Å². The second-order valence-corrected chi connectivity index (χ2v) is 12.9. The maximum atomic E-state index is 4.37. The van der Waals surface area contributed by atoms with Crippen molar-refractivity contribution in [2.75, 3.05) is 0 Å². The number of nitrogens with zero attached hydrogens (tertiary/aromatic N) is 1. The summed E-state index contributed by atoms with van der Waals surface area (Å²) in [6, 6.07) is 53.5. The van der Waals surface area contributed by atoms with Crippen LogP contribution in [-0.2, 0) is 0 Å². The smallest absolute Gasteiger partial charge is 0.0926 e. The lowest BCUT2D eigenvalue weighted by Crippen LogP contribution is -1.97. The third-order valence-corrected chi connectivity index (χ3v) is 8.79. The van der Waals surface area contributed by atoms with Gasteiger partial charge in [0.25, 0.3) is 0 Å². The predicted octanol–water partition coefficient (Wildman–Crippen LogP) is 14.6. The van der Waals surface area contributed by atoms with Gasteiger partial charge in [-0.3, -0.25) is 4.99 Å². The first-order chi connectivity index (χ1) is 27.1. The zero-order chi connectivity index (χ0) is 38.8. The van der Waals surface area contributed by atoms with E-state index in [1.54, 1.807) is 0 Å². The predicted molar refractivity (Wildman–Crippen MR) is 242 cm³/mol. The van der Waals surface area contributed by atoms with E-state index in [1.807, 2.05) is 97.1 Å². The molecule has 0 bridgehead atoms. The number of aryl methyl sites for hydroxylation is 1. The molecule has 1 heteroatoms. The molecule has 2 atom stereocenters. The number of hydrogen-bond acceptors (Lipinski definition) is 1. The molecule has 0 saturated heterocycles. The van der Waals surface area contributed by atoms with E-state index in [0.717, 1.165) is 16.7 Å². The number of hydrogen-bond donors (Lipinski definition) is 0. The minimum atomic E-state index is -0.105. The largest absolute Gasteiger partial charge is 0.289 e. The fraction of sp³-hybridized carbons (Fsp3) is 0.0926. The first-order valence-corrected chi connectivity index (χ1v) is 18.9. The Balaban J connectivity index is 1.65. The third kappa shape index (κ3) is 15.1. The van der Waals surface area contributed by atoms with Crippen molar-refractivity contribution in [2.24, 2.45) is 10.9 Å². The maximum absolute atomic E-state index is 4.37. The first-order valence-electron chi connectivity index (χ1n) is 18.9. The maximum Gasteiger partial charge on any atom is 0.0926 e. The van der Waals surface area contributed by atoms with E-state index in [4.69, 9.17) is 0 Å². The molecule has 0 heterocycles. The molecular weight excluding hydrogens is 663 g/mol. The molecule has 3 aromatic rings. The standard InChI is InChI=1S/C54H53N/c1-45-32-27-30-41-52(45)53(42-31-43-54(55-4)51-39-25-20-26-40-51)47(3)44-46(2)48-33-21-18-19-24-37-50(38-29-28-34-48)49-35-22-16-14-12-10-8-6-5-7-9-11-13-15-17-23-36-49/h5-44,46,54H,4H2,1-3H3/b6-5?,7-5?,8-6?,9-7?,10-8?,11-9?,12-10?,13-11?,14-12?,15-13?,16-14?,17-15?,19-18?,21-18-,22-16?,23-17?,24-19-,29-28?,33-21?,34-28+,35-22?,36-23?,37-24?,38-29+,43-31+,47-44-,48-33+,48-34?,49-35?,49-36?,50-37+,50-38?,53-42+. The Morgan fingerprint density at radius 1 is 0.582 bits per heavy atom. The van der Waals surface area contributed by atoms with Crippen molar-refractivity contribution < 1.29 is 0 Å². The molecular formula is C54H53N. The number of benzene rings is 2. The zero-order valence-corrected chi connectivity index (χ0v) is 32.4. The lowest BCUT2D eigenvalue weighted by atomic mass is 9.90. The molecule has 0 N–H and O–H groups in total. The second-order valence-electron chi connectivity index (χ2n) is 12.9. The van der Waals surface area contributed by atoms with E-state index in [0.29, 0.717) is 0 Å². The highest BCUT2D eigenvalue weighted by Gasteiger charge is 2.10. The molecule has 274 valence electrons. The topological polar surface area (TPSA) is 12.4 Å². The summed E-state index contributed by atoms with van der Waals surface area (Å²) in [5.41, 5.74) is 9.37. The first kappa shape index (κ1) is 41.2. The lowest BCUT2D eigenvalue weighted by molar-refractivity contribution is 0.884. The van der Waals surface area contributed by atoms with Crippen LogP contribution in [0.3, 0.4) is 0 Å². The minimum Gasteiger partial charge on any atom is -0.289 e. The Morgan fingerprint density at radius 2 is 1.09 bits per heavy atom. The van der Waals surface area contributed by atoms with Crippen LogP contribution >= 0.6 is 0 Å². The summed E-state index contributed by atoms with van der Waals surface area (Å²) in [5, 5.41) is 0. The van der Waals surface area contributed by atoms with Gasteiger partial charge in [-0.15, -0.1) is 0 Å². The van der Waals surface area contributed by atoms with E-state index in [1.165, 1.54) is 27.8 Å². The van der Waals surface area contributed by atoms with Gasteiger partial charge in [-0.05, 0) is 71.0 Å².